The maximum Gasteiger partial charge on any atom is 0.164 e. The van der Waals surface area contributed by atoms with E-state index in [1.54, 1.807) is 0 Å². The van der Waals surface area contributed by atoms with Crippen molar-refractivity contribution >= 4 is 43.5 Å². The van der Waals surface area contributed by atoms with Gasteiger partial charge in [0, 0.05) is 33.4 Å². The summed E-state index contributed by atoms with van der Waals surface area (Å²) in [7, 11) is 0. The summed E-state index contributed by atoms with van der Waals surface area (Å²) in [4.78, 5) is 15.1. The van der Waals surface area contributed by atoms with E-state index in [1.165, 1.54) is 32.7 Å². The molecule has 0 bridgehead atoms. The first kappa shape index (κ1) is 33.0. The Morgan fingerprint density at radius 2 is 1.07 bits per heavy atom. The van der Waals surface area contributed by atoms with Crippen molar-refractivity contribution in [3.05, 3.63) is 200 Å². The lowest BCUT2D eigenvalue weighted by Gasteiger charge is -2.15. The monoisotopic (exact) mass is 729 g/mol. The van der Waals surface area contributed by atoms with Crippen LogP contribution in [0.3, 0.4) is 0 Å². The number of benzene rings is 8. The Labute approximate surface area is 330 Å². The molecule has 2 heterocycles. The van der Waals surface area contributed by atoms with Crippen LogP contribution in [0.5, 0.6) is 0 Å². The topological polar surface area (TPSA) is 51.8 Å². The molecule has 0 saturated heterocycles. The standard InChI is InChI=1S/C53H35N3O/c1-3-11-34(12-4-1)40-16-9-17-43(31-40)53-55-51(38-14-5-2-6-15-38)54-52(56-53)39-26-23-36(24-27-39)45-19-10-20-48-50(45)46-30-29-42(33-49(46)57-48)41-28-25-37-22-21-35-13-7-8-18-44(35)47(37)32-41/h1-11,13-34H,12H2. The molecule has 0 fully saturated rings. The number of hydrogen-bond donors (Lipinski definition) is 0. The van der Waals surface area contributed by atoms with E-state index in [0.29, 0.717) is 23.4 Å². The van der Waals surface area contributed by atoms with Gasteiger partial charge >= 0.3 is 0 Å². The minimum Gasteiger partial charge on any atom is -0.456 e. The second-order valence-corrected chi connectivity index (χ2v) is 14.7. The van der Waals surface area contributed by atoms with Gasteiger partial charge in [-0.3, -0.25) is 0 Å². The van der Waals surface area contributed by atoms with E-state index in [4.69, 9.17) is 19.4 Å². The molecule has 0 radical (unpaired) electrons. The highest BCUT2D eigenvalue weighted by atomic mass is 16.3. The first-order chi connectivity index (χ1) is 28.2. The van der Waals surface area contributed by atoms with E-state index in [-0.39, 0.29) is 0 Å². The van der Waals surface area contributed by atoms with E-state index >= 15 is 0 Å². The van der Waals surface area contributed by atoms with Crippen molar-refractivity contribution in [2.75, 3.05) is 0 Å². The Hall–Kier alpha value is -7.43. The molecule has 0 amide bonds. The van der Waals surface area contributed by atoms with Crippen molar-refractivity contribution in [3.63, 3.8) is 0 Å². The molecule has 11 rings (SSSR count). The van der Waals surface area contributed by atoms with Gasteiger partial charge in [0.05, 0.1) is 0 Å². The van der Waals surface area contributed by atoms with Crippen LogP contribution in [0.1, 0.15) is 17.9 Å². The van der Waals surface area contributed by atoms with Gasteiger partial charge in [-0.25, -0.2) is 15.0 Å². The first-order valence-electron chi connectivity index (χ1n) is 19.4. The summed E-state index contributed by atoms with van der Waals surface area (Å²) in [6.45, 7) is 0. The zero-order valence-electron chi connectivity index (χ0n) is 31.0. The molecule has 0 spiro atoms. The molecule has 1 atom stereocenters. The van der Waals surface area contributed by atoms with Crippen LogP contribution in [0, 0.1) is 0 Å². The van der Waals surface area contributed by atoms with Gasteiger partial charge in [-0.2, -0.15) is 0 Å². The zero-order chi connectivity index (χ0) is 37.7. The maximum atomic E-state index is 6.55. The Balaban J connectivity index is 0.961. The van der Waals surface area contributed by atoms with Gasteiger partial charge in [-0.05, 0) is 86.1 Å². The molecule has 57 heavy (non-hydrogen) atoms. The van der Waals surface area contributed by atoms with E-state index in [1.807, 2.05) is 30.3 Å². The number of furan rings is 1. The summed E-state index contributed by atoms with van der Waals surface area (Å²) < 4.78 is 6.55. The quantitative estimate of drug-likeness (QED) is 0.160. The number of rotatable bonds is 6. The lowest BCUT2D eigenvalue weighted by molar-refractivity contribution is 0.669. The van der Waals surface area contributed by atoms with Gasteiger partial charge in [0.25, 0.3) is 0 Å². The molecule has 1 unspecified atom stereocenters. The number of aromatic nitrogens is 3. The van der Waals surface area contributed by atoms with Crippen LogP contribution in [0.4, 0.5) is 0 Å². The van der Waals surface area contributed by atoms with E-state index in [2.05, 4.69) is 164 Å². The molecule has 0 saturated carbocycles. The lowest BCUT2D eigenvalue weighted by Crippen LogP contribution is -2.01. The fraction of sp³-hybridized carbons (Fsp3) is 0.0377. The minimum atomic E-state index is 0.335. The van der Waals surface area contributed by atoms with Crippen molar-refractivity contribution in [2.45, 2.75) is 12.3 Å². The lowest BCUT2D eigenvalue weighted by atomic mass is 9.91. The highest BCUT2D eigenvalue weighted by molar-refractivity contribution is 6.13. The Kier molecular flexibility index (Phi) is 7.92. The van der Waals surface area contributed by atoms with Crippen molar-refractivity contribution in [2.24, 2.45) is 0 Å². The van der Waals surface area contributed by atoms with Gasteiger partial charge < -0.3 is 4.42 Å². The third kappa shape index (κ3) is 5.99. The Morgan fingerprint density at radius 1 is 0.421 bits per heavy atom. The fourth-order valence-electron chi connectivity index (χ4n) is 8.31. The minimum absolute atomic E-state index is 0.335. The number of fused-ring (bicyclic) bond motifs is 6. The van der Waals surface area contributed by atoms with E-state index in [0.717, 1.165) is 61.7 Å². The molecule has 2 aromatic heterocycles. The number of hydrogen-bond acceptors (Lipinski definition) is 4. The van der Waals surface area contributed by atoms with Crippen LogP contribution in [-0.2, 0) is 0 Å². The molecule has 1 aliphatic rings. The molecule has 4 nitrogen and oxygen atoms in total. The van der Waals surface area contributed by atoms with Crippen molar-refractivity contribution in [3.8, 4) is 56.4 Å². The van der Waals surface area contributed by atoms with Gasteiger partial charge in [-0.1, -0.05) is 164 Å². The van der Waals surface area contributed by atoms with Crippen LogP contribution in [0.15, 0.2) is 199 Å². The van der Waals surface area contributed by atoms with Crippen molar-refractivity contribution in [1.82, 2.24) is 15.0 Å². The molecule has 0 aliphatic heterocycles. The zero-order valence-corrected chi connectivity index (χ0v) is 31.0. The Bertz CT molecular complexity index is 3210. The van der Waals surface area contributed by atoms with Crippen LogP contribution < -0.4 is 0 Å². The second-order valence-electron chi connectivity index (χ2n) is 14.7. The predicted octanol–water partition coefficient (Wildman–Crippen LogP) is 14.0. The molecule has 0 N–H and O–H groups in total. The summed E-state index contributed by atoms with van der Waals surface area (Å²) in [6.07, 6.45) is 9.69. The van der Waals surface area contributed by atoms with Crippen LogP contribution >= 0.6 is 0 Å². The smallest absolute Gasteiger partial charge is 0.164 e. The van der Waals surface area contributed by atoms with E-state index < -0.39 is 0 Å². The van der Waals surface area contributed by atoms with Crippen LogP contribution in [0.25, 0.3) is 99.9 Å². The van der Waals surface area contributed by atoms with Gasteiger partial charge in [0.1, 0.15) is 11.2 Å². The molecular weight excluding hydrogens is 695 g/mol. The molecule has 8 aromatic carbocycles. The molecule has 268 valence electrons. The number of nitrogens with zero attached hydrogens (tertiary/aromatic N) is 3. The molecular formula is C53H35N3O. The average molecular weight is 730 g/mol. The first-order valence-corrected chi connectivity index (χ1v) is 19.4. The van der Waals surface area contributed by atoms with Gasteiger partial charge in [0.2, 0.25) is 0 Å². The maximum absolute atomic E-state index is 6.55. The largest absolute Gasteiger partial charge is 0.456 e. The highest BCUT2D eigenvalue weighted by Gasteiger charge is 2.17. The third-order valence-corrected chi connectivity index (χ3v) is 11.3. The fourth-order valence-corrected chi connectivity index (χ4v) is 8.31. The second kappa shape index (κ2) is 13.7. The summed E-state index contributed by atoms with van der Waals surface area (Å²) >= 11 is 0. The molecule has 1 aliphatic carbocycles. The molecule has 4 heteroatoms. The normalized spacial score (nSPS) is 13.9. The summed E-state index contributed by atoms with van der Waals surface area (Å²) in [6, 6.07) is 59.9. The number of allylic oxidation sites excluding steroid dienone is 4. The van der Waals surface area contributed by atoms with Crippen LogP contribution in [0.2, 0.25) is 0 Å². The highest BCUT2D eigenvalue weighted by Crippen LogP contribution is 2.40. The van der Waals surface area contributed by atoms with Crippen molar-refractivity contribution in [1.29, 1.82) is 0 Å². The average Bonchev–Trinajstić information content (AvgIpc) is 3.68. The van der Waals surface area contributed by atoms with Gasteiger partial charge in [-0.15, -0.1) is 0 Å². The summed E-state index contributed by atoms with van der Waals surface area (Å²) in [5, 5.41) is 7.20. The van der Waals surface area contributed by atoms with Gasteiger partial charge in [0.15, 0.2) is 17.5 Å². The van der Waals surface area contributed by atoms with Crippen molar-refractivity contribution < 1.29 is 4.42 Å². The molecule has 10 aromatic rings. The Morgan fingerprint density at radius 3 is 1.89 bits per heavy atom. The SMILES string of the molecule is C1=CCC(c2cccc(-c3nc(-c4ccccc4)nc(-c4ccc(-c5cccc6oc7cc(-c8ccc9ccc%10ccccc%10c9c8)ccc7c56)cc4)n3)c2)C=C1. The third-order valence-electron chi connectivity index (χ3n) is 11.3. The van der Waals surface area contributed by atoms with E-state index in [9.17, 15) is 0 Å². The summed E-state index contributed by atoms with van der Waals surface area (Å²) in [5.74, 6) is 2.28. The van der Waals surface area contributed by atoms with Crippen LogP contribution in [-0.4, -0.2) is 15.0 Å². The summed E-state index contributed by atoms with van der Waals surface area (Å²) in [5.41, 5.74) is 10.3. The predicted molar refractivity (Wildman–Crippen MR) is 235 cm³/mol.